The number of hydrogen-bond donors (Lipinski definition) is 2. The number of dihydropyridines is 1. The van der Waals surface area contributed by atoms with Crippen LogP contribution in [0.25, 0.3) is 0 Å². The smallest absolute Gasteiger partial charge is 0.0413 e. The summed E-state index contributed by atoms with van der Waals surface area (Å²) in [6, 6.07) is 0.459. The second-order valence-corrected chi connectivity index (χ2v) is 2.24. The van der Waals surface area contributed by atoms with Crippen LogP contribution in [0.2, 0.25) is 0 Å². The molecule has 1 heterocycles. The molecule has 1 unspecified atom stereocenters. The largest absolute Gasteiger partial charge is 0.385 e. The first-order chi connectivity index (χ1) is 4.33. The zero-order valence-electron chi connectivity index (χ0n) is 5.59. The van der Waals surface area contributed by atoms with E-state index in [1.807, 2.05) is 6.20 Å². The van der Waals surface area contributed by atoms with Gasteiger partial charge in [0.15, 0.2) is 0 Å². The summed E-state index contributed by atoms with van der Waals surface area (Å²) in [4.78, 5) is 0. The van der Waals surface area contributed by atoms with Gasteiger partial charge in [0.2, 0.25) is 0 Å². The van der Waals surface area contributed by atoms with Crippen molar-refractivity contribution in [2.24, 2.45) is 5.73 Å². The summed E-state index contributed by atoms with van der Waals surface area (Å²) >= 11 is 0. The Hall–Kier alpha value is -0.760. The number of nitrogens with one attached hydrogen (secondary N) is 1. The number of hydrogen-bond acceptors (Lipinski definition) is 2. The maximum Gasteiger partial charge on any atom is 0.0413 e. The van der Waals surface area contributed by atoms with Crippen molar-refractivity contribution in [3.63, 3.8) is 0 Å². The number of nitrogens with two attached hydrogens (primary N) is 1. The van der Waals surface area contributed by atoms with Crippen LogP contribution in [-0.4, -0.2) is 12.6 Å². The highest BCUT2D eigenvalue weighted by Gasteiger charge is 1.98. The van der Waals surface area contributed by atoms with Gasteiger partial charge in [-0.1, -0.05) is 12.2 Å². The van der Waals surface area contributed by atoms with E-state index >= 15 is 0 Å². The monoisotopic (exact) mass is 124 g/mol. The van der Waals surface area contributed by atoms with E-state index in [4.69, 9.17) is 5.73 Å². The molecule has 1 atom stereocenters. The first-order valence-electron chi connectivity index (χ1n) is 3.16. The molecule has 1 aliphatic heterocycles. The minimum Gasteiger partial charge on any atom is -0.385 e. The summed E-state index contributed by atoms with van der Waals surface area (Å²) in [6.45, 7) is 2.72. The Kier molecular flexibility index (Phi) is 1.90. The molecule has 0 saturated heterocycles. The Bertz CT molecular complexity index is 147. The normalized spacial score (nSPS) is 25.1. The van der Waals surface area contributed by atoms with Crippen molar-refractivity contribution in [2.45, 2.75) is 13.0 Å². The van der Waals surface area contributed by atoms with Crippen molar-refractivity contribution in [1.82, 2.24) is 5.32 Å². The molecule has 0 radical (unpaired) electrons. The molecule has 0 aromatic rings. The van der Waals surface area contributed by atoms with E-state index in [0.29, 0.717) is 12.6 Å². The van der Waals surface area contributed by atoms with Gasteiger partial charge in [0.25, 0.3) is 0 Å². The van der Waals surface area contributed by atoms with E-state index in [9.17, 15) is 0 Å². The predicted octanol–water partition coefficient (Wildman–Crippen LogP) is 0.377. The van der Waals surface area contributed by atoms with Gasteiger partial charge < -0.3 is 11.1 Å². The van der Waals surface area contributed by atoms with Crippen molar-refractivity contribution in [3.8, 4) is 0 Å². The lowest BCUT2D eigenvalue weighted by Crippen LogP contribution is -2.22. The van der Waals surface area contributed by atoms with E-state index in [1.165, 1.54) is 0 Å². The lowest BCUT2D eigenvalue weighted by molar-refractivity contribution is 0.750. The highest BCUT2D eigenvalue weighted by molar-refractivity contribution is 5.24. The van der Waals surface area contributed by atoms with E-state index in [1.54, 1.807) is 0 Å². The highest BCUT2D eigenvalue weighted by Crippen LogP contribution is 2.00. The van der Waals surface area contributed by atoms with Crippen LogP contribution in [0.5, 0.6) is 0 Å². The molecule has 0 fully saturated rings. The summed E-state index contributed by atoms with van der Waals surface area (Å²) in [6.07, 6.45) is 6.12. The van der Waals surface area contributed by atoms with Crippen LogP contribution in [0.15, 0.2) is 23.9 Å². The van der Waals surface area contributed by atoms with Gasteiger partial charge in [0.1, 0.15) is 0 Å². The molecule has 3 N–H and O–H groups in total. The average molecular weight is 124 g/mol. The molecule has 9 heavy (non-hydrogen) atoms. The van der Waals surface area contributed by atoms with Gasteiger partial charge in [-0.2, -0.15) is 0 Å². The molecular formula is C7H12N2. The van der Waals surface area contributed by atoms with E-state index in [0.717, 1.165) is 5.57 Å². The molecule has 0 bridgehead atoms. The Labute approximate surface area is 55.4 Å². The van der Waals surface area contributed by atoms with Crippen molar-refractivity contribution in [3.05, 3.63) is 23.9 Å². The first-order valence-corrected chi connectivity index (χ1v) is 3.16. The zero-order chi connectivity index (χ0) is 6.69. The average Bonchev–Trinajstić information content (AvgIpc) is 1.90. The molecule has 0 spiro atoms. The first kappa shape index (κ1) is 6.36. The van der Waals surface area contributed by atoms with Gasteiger partial charge >= 0.3 is 0 Å². The van der Waals surface area contributed by atoms with Gasteiger partial charge in [-0.15, -0.1) is 0 Å². The molecule has 1 rings (SSSR count). The van der Waals surface area contributed by atoms with Crippen LogP contribution in [0.1, 0.15) is 6.92 Å². The third-order valence-electron chi connectivity index (χ3n) is 1.37. The third-order valence-corrected chi connectivity index (χ3v) is 1.37. The minimum atomic E-state index is 0.459. The fourth-order valence-corrected chi connectivity index (χ4v) is 0.737. The Morgan fingerprint density at radius 2 is 2.56 bits per heavy atom. The molecule has 50 valence electrons. The van der Waals surface area contributed by atoms with E-state index in [-0.39, 0.29) is 0 Å². The van der Waals surface area contributed by atoms with Crippen LogP contribution in [0.3, 0.4) is 0 Å². The highest BCUT2D eigenvalue weighted by atomic mass is 14.9. The van der Waals surface area contributed by atoms with Gasteiger partial charge in [0, 0.05) is 18.8 Å². The molecular weight excluding hydrogens is 112 g/mol. The van der Waals surface area contributed by atoms with Crippen molar-refractivity contribution in [1.29, 1.82) is 0 Å². The third kappa shape index (κ3) is 1.57. The molecule has 0 aromatic heterocycles. The van der Waals surface area contributed by atoms with Crippen molar-refractivity contribution < 1.29 is 0 Å². The van der Waals surface area contributed by atoms with Gasteiger partial charge in [-0.3, -0.25) is 0 Å². The van der Waals surface area contributed by atoms with E-state index in [2.05, 4.69) is 24.4 Å². The number of rotatable bonds is 1. The maximum atomic E-state index is 5.39. The molecule has 0 aliphatic carbocycles. The van der Waals surface area contributed by atoms with Crippen LogP contribution in [0.4, 0.5) is 0 Å². The summed E-state index contributed by atoms with van der Waals surface area (Å²) in [5, 5.41) is 3.15. The maximum absolute atomic E-state index is 5.39. The Morgan fingerprint density at radius 3 is 3.00 bits per heavy atom. The summed E-state index contributed by atoms with van der Waals surface area (Å²) in [5.74, 6) is 0. The lowest BCUT2D eigenvalue weighted by atomic mass is 10.1. The second kappa shape index (κ2) is 2.69. The lowest BCUT2D eigenvalue weighted by Gasteiger charge is -2.12. The van der Waals surface area contributed by atoms with E-state index < -0.39 is 0 Å². The standard InChI is InChI=1S/C7H12N2/c1-6-2-3-7(4-8)5-9-6/h2-3,5-6,9H,4,8H2,1H3. The molecule has 0 saturated carbocycles. The molecule has 2 nitrogen and oxygen atoms in total. The summed E-state index contributed by atoms with van der Waals surface area (Å²) in [7, 11) is 0. The molecule has 1 aliphatic rings. The summed E-state index contributed by atoms with van der Waals surface area (Å²) in [5.41, 5.74) is 6.55. The van der Waals surface area contributed by atoms with Crippen LogP contribution >= 0.6 is 0 Å². The van der Waals surface area contributed by atoms with Gasteiger partial charge in [0.05, 0.1) is 0 Å². The van der Waals surface area contributed by atoms with Gasteiger partial charge in [-0.25, -0.2) is 0 Å². The Balaban J connectivity index is 2.52. The van der Waals surface area contributed by atoms with Crippen LogP contribution in [0, 0.1) is 0 Å². The second-order valence-electron chi connectivity index (χ2n) is 2.24. The zero-order valence-corrected chi connectivity index (χ0v) is 5.59. The fraction of sp³-hybridized carbons (Fsp3) is 0.429. The molecule has 0 aromatic carbocycles. The van der Waals surface area contributed by atoms with Gasteiger partial charge in [-0.05, 0) is 12.5 Å². The summed E-state index contributed by atoms with van der Waals surface area (Å²) < 4.78 is 0. The molecule has 0 amide bonds. The Morgan fingerprint density at radius 1 is 1.78 bits per heavy atom. The predicted molar refractivity (Wildman–Crippen MR) is 38.9 cm³/mol. The molecule has 2 heteroatoms. The quantitative estimate of drug-likeness (QED) is 0.530. The fourth-order valence-electron chi connectivity index (χ4n) is 0.737. The van der Waals surface area contributed by atoms with Crippen LogP contribution < -0.4 is 11.1 Å². The minimum absolute atomic E-state index is 0.459. The topological polar surface area (TPSA) is 38.0 Å². The SMILES string of the molecule is CC1C=CC(CN)=CN1. The van der Waals surface area contributed by atoms with Crippen molar-refractivity contribution in [2.75, 3.05) is 6.54 Å². The van der Waals surface area contributed by atoms with Crippen LogP contribution in [-0.2, 0) is 0 Å². The van der Waals surface area contributed by atoms with Crippen molar-refractivity contribution >= 4 is 0 Å².